The molecule has 3 N–H and O–H groups in total. The number of carbonyl (C=O) groups is 1. The molecule has 1 aromatic heterocycles. The van der Waals surface area contributed by atoms with Gasteiger partial charge >= 0.3 is 5.97 Å². The topological polar surface area (TPSA) is 94.6 Å². The lowest BCUT2D eigenvalue weighted by molar-refractivity contribution is -0.136. The van der Waals surface area contributed by atoms with Crippen LogP contribution in [0.4, 0.5) is 0 Å². The van der Waals surface area contributed by atoms with E-state index in [4.69, 9.17) is 15.6 Å². The Hall–Kier alpha value is -3.12. The zero-order chi connectivity index (χ0) is 18.5. The molecule has 2 aromatic carbocycles. The molecular formula is C20H20N2O4. The second kappa shape index (κ2) is 7.84. The molecule has 6 heteroatoms. The Balaban J connectivity index is 2.15. The van der Waals surface area contributed by atoms with E-state index in [1.807, 2.05) is 36.4 Å². The van der Waals surface area contributed by atoms with Crippen molar-refractivity contribution in [3.63, 3.8) is 0 Å². The molecule has 0 amide bonds. The first kappa shape index (κ1) is 17.7. The van der Waals surface area contributed by atoms with Crippen molar-refractivity contribution in [2.45, 2.75) is 13.0 Å². The third-order valence-electron chi connectivity index (χ3n) is 4.05. The summed E-state index contributed by atoms with van der Waals surface area (Å²) in [4.78, 5) is 24.0. The van der Waals surface area contributed by atoms with Crippen LogP contribution in [-0.2, 0) is 17.8 Å². The zero-order valence-electron chi connectivity index (χ0n) is 14.2. The third kappa shape index (κ3) is 3.92. The Kier molecular flexibility index (Phi) is 5.34. The van der Waals surface area contributed by atoms with Crippen LogP contribution in [0.25, 0.3) is 10.9 Å². The van der Waals surface area contributed by atoms with Gasteiger partial charge in [-0.15, -0.1) is 0 Å². The summed E-state index contributed by atoms with van der Waals surface area (Å²) in [7, 11) is 0. The van der Waals surface area contributed by atoms with Gasteiger partial charge in [0.15, 0.2) is 0 Å². The van der Waals surface area contributed by atoms with E-state index in [1.165, 1.54) is 0 Å². The maximum Gasteiger partial charge on any atom is 0.308 e. The number of hydrogen-bond acceptors (Lipinski definition) is 4. The van der Waals surface area contributed by atoms with Crippen molar-refractivity contribution in [2.24, 2.45) is 5.73 Å². The highest BCUT2D eigenvalue weighted by molar-refractivity contribution is 5.82. The van der Waals surface area contributed by atoms with Gasteiger partial charge < -0.3 is 20.1 Å². The van der Waals surface area contributed by atoms with Crippen LogP contribution in [0.2, 0.25) is 0 Å². The molecule has 3 rings (SSSR count). The summed E-state index contributed by atoms with van der Waals surface area (Å²) in [6.45, 7) is 1.13. The third-order valence-corrected chi connectivity index (χ3v) is 4.05. The van der Waals surface area contributed by atoms with Crippen LogP contribution in [0.3, 0.4) is 0 Å². The van der Waals surface area contributed by atoms with Crippen LogP contribution in [0.1, 0.15) is 11.1 Å². The largest absolute Gasteiger partial charge is 0.492 e. The molecule has 0 atom stereocenters. The number of carboxylic acid groups (broad SMARTS) is 1. The molecular weight excluding hydrogens is 332 g/mol. The van der Waals surface area contributed by atoms with Crippen molar-refractivity contribution in [1.82, 2.24) is 4.57 Å². The quantitative estimate of drug-likeness (QED) is 0.678. The molecule has 0 saturated heterocycles. The minimum Gasteiger partial charge on any atom is -0.492 e. The lowest BCUT2D eigenvalue weighted by Gasteiger charge is -2.14. The Labute approximate surface area is 150 Å². The van der Waals surface area contributed by atoms with Crippen LogP contribution < -0.4 is 16.0 Å². The molecule has 0 aliphatic carbocycles. The number of fused-ring (bicyclic) bond motifs is 1. The molecule has 0 aliphatic rings. The lowest BCUT2D eigenvalue weighted by atomic mass is 10.1. The van der Waals surface area contributed by atoms with Crippen LogP contribution in [-0.4, -0.2) is 28.8 Å². The van der Waals surface area contributed by atoms with E-state index in [2.05, 4.69) is 0 Å². The highest BCUT2D eigenvalue weighted by atomic mass is 16.5. The second-order valence-electron chi connectivity index (χ2n) is 5.97. The lowest BCUT2D eigenvalue weighted by Crippen LogP contribution is -2.26. The van der Waals surface area contributed by atoms with E-state index < -0.39 is 5.97 Å². The number of benzene rings is 2. The molecule has 0 aliphatic heterocycles. The summed E-state index contributed by atoms with van der Waals surface area (Å²) in [6, 6.07) is 16.6. The average molecular weight is 352 g/mol. The standard InChI is InChI=1S/C20H20N2O4/c21-8-9-26-17-7-6-15-10-16(11-19(23)24)20(25)22(18(15)12-17)13-14-4-2-1-3-5-14/h1-7,10,12H,8-9,11,13,21H2,(H,23,24). The van der Waals surface area contributed by atoms with Crippen molar-refractivity contribution in [3.8, 4) is 5.75 Å². The van der Waals surface area contributed by atoms with Gasteiger partial charge in [0, 0.05) is 18.2 Å². The number of nitrogens with zero attached hydrogens (tertiary/aromatic N) is 1. The number of rotatable bonds is 7. The van der Waals surface area contributed by atoms with Gasteiger partial charge in [0.2, 0.25) is 0 Å². The van der Waals surface area contributed by atoms with Gasteiger partial charge in [0.1, 0.15) is 12.4 Å². The van der Waals surface area contributed by atoms with Gasteiger partial charge in [-0.05, 0) is 29.1 Å². The first-order chi connectivity index (χ1) is 12.6. The fraction of sp³-hybridized carbons (Fsp3) is 0.200. The van der Waals surface area contributed by atoms with Crippen LogP contribution in [0.15, 0.2) is 59.4 Å². The zero-order valence-corrected chi connectivity index (χ0v) is 14.2. The van der Waals surface area contributed by atoms with E-state index in [9.17, 15) is 9.59 Å². The van der Waals surface area contributed by atoms with E-state index in [1.54, 1.807) is 22.8 Å². The summed E-state index contributed by atoms with van der Waals surface area (Å²) in [5.74, 6) is -0.411. The highest BCUT2D eigenvalue weighted by Crippen LogP contribution is 2.22. The minimum atomic E-state index is -1.03. The molecule has 0 bridgehead atoms. The summed E-state index contributed by atoms with van der Waals surface area (Å²) in [5, 5.41) is 9.89. The van der Waals surface area contributed by atoms with Gasteiger partial charge in [0.05, 0.1) is 18.5 Å². The fourth-order valence-electron chi connectivity index (χ4n) is 2.89. The summed E-state index contributed by atoms with van der Waals surface area (Å²) < 4.78 is 7.16. The van der Waals surface area contributed by atoms with E-state index in [0.29, 0.717) is 31.0 Å². The number of aromatic nitrogens is 1. The van der Waals surface area contributed by atoms with E-state index in [0.717, 1.165) is 10.9 Å². The number of hydrogen-bond donors (Lipinski definition) is 2. The SMILES string of the molecule is NCCOc1ccc2cc(CC(=O)O)c(=O)n(Cc3ccccc3)c2c1. The molecule has 3 aromatic rings. The van der Waals surface area contributed by atoms with Crippen LogP contribution in [0.5, 0.6) is 5.75 Å². The van der Waals surface area contributed by atoms with Crippen molar-refractivity contribution in [3.05, 3.63) is 76.1 Å². The summed E-state index contributed by atoms with van der Waals surface area (Å²) in [6.07, 6.45) is -0.311. The van der Waals surface area contributed by atoms with Gasteiger partial charge in [-0.2, -0.15) is 0 Å². The molecule has 0 radical (unpaired) electrons. The molecule has 0 unspecified atom stereocenters. The Morgan fingerprint density at radius 3 is 2.58 bits per heavy atom. The number of pyridine rings is 1. The molecule has 134 valence electrons. The van der Waals surface area contributed by atoms with Crippen molar-refractivity contribution in [1.29, 1.82) is 0 Å². The smallest absolute Gasteiger partial charge is 0.308 e. The van der Waals surface area contributed by atoms with Gasteiger partial charge in [-0.25, -0.2) is 0 Å². The Bertz CT molecular complexity index is 980. The van der Waals surface area contributed by atoms with Gasteiger partial charge in [0.25, 0.3) is 5.56 Å². The molecule has 26 heavy (non-hydrogen) atoms. The maximum atomic E-state index is 12.9. The predicted molar refractivity (Wildman–Crippen MR) is 99.6 cm³/mol. The van der Waals surface area contributed by atoms with Crippen molar-refractivity contribution in [2.75, 3.05) is 13.2 Å². The second-order valence-corrected chi connectivity index (χ2v) is 5.97. The Morgan fingerprint density at radius 1 is 1.12 bits per heavy atom. The molecule has 6 nitrogen and oxygen atoms in total. The first-order valence-electron chi connectivity index (χ1n) is 8.33. The van der Waals surface area contributed by atoms with Crippen LogP contribution in [0, 0.1) is 0 Å². The van der Waals surface area contributed by atoms with Crippen LogP contribution >= 0.6 is 0 Å². The molecule has 0 saturated carbocycles. The van der Waals surface area contributed by atoms with Gasteiger partial charge in [-0.1, -0.05) is 30.3 Å². The molecule has 0 spiro atoms. The minimum absolute atomic E-state index is 0.261. The monoisotopic (exact) mass is 352 g/mol. The van der Waals surface area contributed by atoms with Crippen molar-refractivity contribution >= 4 is 16.9 Å². The van der Waals surface area contributed by atoms with Crippen molar-refractivity contribution < 1.29 is 14.6 Å². The van der Waals surface area contributed by atoms with E-state index >= 15 is 0 Å². The number of ether oxygens (including phenoxy) is 1. The Morgan fingerprint density at radius 2 is 1.88 bits per heavy atom. The maximum absolute atomic E-state index is 12.9. The normalized spacial score (nSPS) is 10.8. The molecule has 1 heterocycles. The first-order valence-corrected chi connectivity index (χ1v) is 8.33. The highest BCUT2D eigenvalue weighted by Gasteiger charge is 2.13. The number of aliphatic carboxylic acids is 1. The predicted octanol–water partition coefficient (Wildman–Crippen LogP) is 2.01. The van der Waals surface area contributed by atoms with Gasteiger partial charge in [-0.3, -0.25) is 9.59 Å². The summed E-state index contributed by atoms with van der Waals surface area (Å²) in [5.41, 5.74) is 7.08. The number of carboxylic acids is 1. The molecule has 0 fully saturated rings. The van der Waals surface area contributed by atoms with E-state index in [-0.39, 0.29) is 17.5 Å². The average Bonchev–Trinajstić information content (AvgIpc) is 2.64. The summed E-state index contributed by atoms with van der Waals surface area (Å²) >= 11 is 0. The number of nitrogens with two attached hydrogens (primary N) is 1. The fourth-order valence-corrected chi connectivity index (χ4v) is 2.89.